The topological polar surface area (TPSA) is 0 Å². The molecule has 2 aromatic carbocycles. The van der Waals surface area contributed by atoms with Gasteiger partial charge in [0.05, 0.1) is 27.2 Å². The van der Waals surface area contributed by atoms with E-state index in [2.05, 4.69) is 63.5 Å². The standard InChI is InChI=1S/C32H47ClNS/c1-4-5-6-7-8-9-10-11-12-13-14-17-24-34(2,3)25-18-20-28-29-19-15-16-21-31(29)35-32-23-22-27(33)26-30(28)32/h15-16,19-23,26H,4-14,17-18,24-25H2,1-3H3/q+1. The summed E-state index contributed by atoms with van der Waals surface area (Å²) >= 11 is 8.23. The minimum atomic E-state index is 0.817. The van der Waals surface area contributed by atoms with Gasteiger partial charge in [-0.05, 0) is 53.8 Å². The molecular weight excluding hydrogens is 466 g/mol. The lowest BCUT2D eigenvalue weighted by Crippen LogP contribution is -2.41. The molecule has 0 atom stereocenters. The van der Waals surface area contributed by atoms with Crippen molar-refractivity contribution in [3.8, 4) is 0 Å². The van der Waals surface area contributed by atoms with E-state index in [9.17, 15) is 0 Å². The van der Waals surface area contributed by atoms with Crippen molar-refractivity contribution < 1.29 is 4.48 Å². The number of unbranched alkanes of at least 4 members (excludes halogenated alkanes) is 11. The summed E-state index contributed by atoms with van der Waals surface area (Å²) in [4.78, 5) is 2.66. The lowest BCUT2D eigenvalue weighted by Gasteiger charge is -2.30. The molecule has 0 unspecified atom stereocenters. The first-order chi connectivity index (χ1) is 17.0. The second-order valence-corrected chi connectivity index (χ2v) is 12.4. The summed E-state index contributed by atoms with van der Waals surface area (Å²) in [5.74, 6) is 0. The zero-order valence-corrected chi connectivity index (χ0v) is 24.0. The van der Waals surface area contributed by atoms with Crippen LogP contribution in [0.2, 0.25) is 5.02 Å². The number of rotatable bonds is 16. The second kappa shape index (κ2) is 15.1. The normalized spacial score (nSPS) is 14.2. The highest BCUT2D eigenvalue weighted by molar-refractivity contribution is 7.99. The Bertz CT molecular complexity index is 933. The molecule has 192 valence electrons. The minimum absolute atomic E-state index is 0.817. The van der Waals surface area contributed by atoms with Crippen molar-refractivity contribution in [3.05, 3.63) is 64.7 Å². The molecular formula is C32H47ClNS+. The van der Waals surface area contributed by atoms with Gasteiger partial charge in [0.15, 0.2) is 0 Å². The average Bonchev–Trinajstić information content (AvgIpc) is 2.84. The van der Waals surface area contributed by atoms with Gasteiger partial charge < -0.3 is 4.48 Å². The van der Waals surface area contributed by atoms with Gasteiger partial charge in [0.2, 0.25) is 0 Å². The fraction of sp³-hybridized carbons (Fsp3) is 0.562. The van der Waals surface area contributed by atoms with Crippen LogP contribution in [-0.4, -0.2) is 31.7 Å². The molecule has 1 heterocycles. The number of quaternary nitrogens is 1. The van der Waals surface area contributed by atoms with Crippen molar-refractivity contribution in [2.75, 3.05) is 27.2 Å². The van der Waals surface area contributed by atoms with Crippen molar-refractivity contribution in [3.63, 3.8) is 0 Å². The van der Waals surface area contributed by atoms with E-state index in [1.54, 1.807) is 0 Å². The molecule has 3 heteroatoms. The van der Waals surface area contributed by atoms with Gasteiger partial charge in [0.25, 0.3) is 0 Å². The van der Waals surface area contributed by atoms with Crippen molar-refractivity contribution >= 4 is 28.9 Å². The number of nitrogens with zero attached hydrogens (tertiary/aromatic N) is 1. The highest BCUT2D eigenvalue weighted by atomic mass is 35.5. The Hall–Kier alpha value is -1.22. The molecule has 35 heavy (non-hydrogen) atoms. The zero-order chi connectivity index (χ0) is 24.9. The maximum absolute atomic E-state index is 6.38. The van der Waals surface area contributed by atoms with Gasteiger partial charge in [-0.3, -0.25) is 0 Å². The molecule has 1 aliphatic heterocycles. The van der Waals surface area contributed by atoms with E-state index >= 15 is 0 Å². The van der Waals surface area contributed by atoms with E-state index in [-0.39, 0.29) is 0 Å². The molecule has 0 saturated heterocycles. The van der Waals surface area contributed by atoms with Gasteiger partial charge in [0.1, 0.15) is 0 Å². The molecule has 0 spiro atoms. The average molecular weight is 513 g/mol. The first-order valence-corrected chi connectivity index (χ1v) is 15.3. The van der Waals surface area contributed by atoms with Crippen LogP contribution in [0.25, 0.3) is 5.57 Å². The van der Waals surface area contributed by atoms with Crippen LogP contribution < -0.4 is 0 Å². The molecule has 0 saturated carbocycles. The molecule has 0 bridgehead atoms. The number of hydrogen-bond acceptors (Lipinski definition) is 1. The molecule has 1 aliphatic rings. The maximum atomic E-state index is 6.38. The Balaban J connectivity index is 1.38. The van der Waals surface area contributed by atoms with Gasteiger partial charge in [-0.25, -0.2) is 0 Å². The van der Waals surface area contributed by atoms with Gasteiger partial charge in [-0.2, -0.15) is 0 Å². The maximum Gasteiger partial charge on any atom is 0.0817 e. The summed E-state index contributed by atoms with van der Waals surface area (Å²) in [6.45, 7) is 4.74. The van der Waals surface area contributed by atoms with Gasteiger partial charge in [-0.1, -0.05) is 119 Å². The van der Waals surface area contributed by atoms with Crippen LogP contribution in [0.5, 0.6) is 0 Å². The summed E-state index contributed by atoms with van der Waals surface area (Å²) in [5, 5.41) is 0.817. The first-order valence-electron chi connectivity index (χ1n) is 14.1. The Kier molecular flexibility index (Phi) is 12.3. The molecule has 0 fully saturated rings. The van der Waals surface area contributed by atoms with E-state index in [1.165, 1.54) is 117 Å². The largest absolute Gasteiger partial charge is 0.328 e. The van der Waals surface area contributed by atoms with E-state index in [0.717, 1.165) is 15.9 Å². The Morgan fingerprint density at radius 1 is 0.714 bits per heavy atom. The zero-order valence-electron chi connectivity index (χ0n) is 22.5. The molecule has 0 amide bonds. The van der Waals surface area contributed by atoms with Crippen molar-refractivity contribution in [1.82, 2.24) is 0 Å². The SMILES string of the molecule is CCCCCCCCCCCCCC[N+](C)(C)CCC=C1c2ccccc2Sc2ccc(Cl)cc21. The number of hydrogen-bond donors (Lipinski definition) is 0. The van der Waals surface area contributed by atoms with Crippen molar-refractivity contribution in [2.45, 2.75) is 100 Å². The number of fused-ring (bicyclic) bond motifs is 2. The highest BCUT2D eigenvalue weighted by Gasteiger charge is 2.21. The van der Waals surface area contributed by atoms with E-state index in [1.807, 2.05) is 17.8 Å². The van der Waals surface area contributed by atoms with Crippen LogP contribution in [-0.2, 0) is 0 Å². The summed E-state index contributed by atoms with van der Waals surface area (Å²) in [6.07, 6.45) is 20.5. The van der Waals surface area contributed by atoms with Crippen molar-refractivity contribution in [2.24, 2.45) is 0 Å². The third-order valence-electron chi connectivity index (χ3n) is 7.33. The Morgan fingerprint density at radius 2 is 1.31 bits per heavy atom. The lowest BCUT2D eigenvalue weighted by atomic mass is 9.96. The molecule has 0 radical (unpaired) electrons. The quantitative estimate of drug-likeness (QED) is 0.136. The second-order valence-electron chi connectivity index (χ2n) is 10.9. The van der Waals surface area contributed by atoms with E-state index in [4.69, 9.17) is 11.6 Å². The van der Waals surface area contributed by atoms with Crippen LogP contribution in [0.15, 0.2) is 58.3 Å². The third-order valence-corrected chi connectivity index (χ3v) is 8.72. The lowest BCUT2D eigenvalue weighted by molar-refractivity contribution is -0.890. The molecule has 1 nitrogen and oxygen atoms in total. The van der Waals surface area contributed by atoms with Crippen LogP contribution in [0.1, 0.15) is 102 Å². The van der Waals surface area contributed by atoms with Gasteiger partial charge >= 0.3 is 0 Å². The Morgan fingerprint density at radius 3 is 2.00 bits per heavy atom. The summed E-state index contributed by atoms with van der Waals surface area (Å²) in [7, 11) is 4.79. The molecule has 0 aliphatic carbocycles. The summed E-state index contributed by atoms with van der Waals surface area (Å²) in [5.41, 5.74) is 3.98. The molecule has 3 rings (SSSR count). The van der Waals surface area contributed by atoms with Crippen molar-refractivity contribution in [1.29, 1.82) is 0 Å². The van der Waals surface area contributed by atoms with E-state index < -0.39 is 0 Å². The molecule has 2 aromatic rings. The highest BCUT2D eigenvalue weighted by Crippen LogP contribution is 2.46. The van der Waals surface area contributed by atoms with Gasteiger partial charge in [0, 0.05) is 21.2 Å². The number of halogens is 1. The number of benzene rings is 2. The predicted octanol–water partition coefficient (Wildman–Crippen LogP) is 10.4. The monoisotopic (exact) mass is 512 g/mol. The first kappa shape index (κ1) is 28.4. The van der Waals surface area contributed by atoms with Crippen LogP contribution in [0, 0.1) is 0 Å². The fourth-order valence-corrected chi connectivity index (χ4v) is 6.37. The van der Waals surface area contributed by atoms with Crippen LogP contribution in [0.3, 0.4) is 0 Å². The smallest absolute Gasteiger partial charge is 0.0817 e. The molecule has 0 aromatic heterocycles. The van der Waals surface area contributed by atoms with Crippen LogP contribution in [0.4, 0.5) is 0 Å². The van der Waals surface area contributed by atoms with Gasteiger partial charge in [-0.15, -0.1) is 0 Å². The Labute approximate surface area is 224 Å². The minimum Gasteiger partial charge on any atom is -0.328 e. The van der Waals surface area contributed by atoms with E-state index in [0.29, 0.717) is 0 Å². The fourth-order valence-electron chi connectivity index (χ4n) is 5.11. The van der Waals surface area contributed by atoms with Crippen LogP contribution >= 0.6 is 23.4 Å². The third kappa shape index (κ3) is 9.63. The molecule has 0 N–H and O–H groups in total. The predicted molar refractivity (Wildman–Crippen MR) is 157 cm³/mol. The summed E-state index contributed by atoms with van der Waals surface area (Å²) < 4.78 is 1.10. The summed E-state index contributed by atoms with van der Waals surface area (Å²) in [6, 6.07) is 15.1.